The van der Waals surface area contributed by atoms with Crippen molar-refractivity contribution in [2.45, 2.75) is 23.0 Å². The predicted octanol–water partition coefficient (Wildman–Crippen LogP) is -2.36. The number of tetrazole rings is 1. The third-order valence-electron chi connectivity index (χ3n) is 6.26. The zero-order chi connectivity index (χ0) is 22.1. The lowest BCUT2D eigenvalue weighted by Crippen LogP contribution is -2.55. The summed E-state index contributed by atoms with van der Waals surface area (Å²) in [5.74, 6) is -1.40. The van der Waals surface area contributed by atoms with Crippen molar-refractivity contribution in [3.8, 4) is 0 Å². The molecule has 4 atom stereocenters. The second-order valence-electron chi connectivity index (χ2n) is 7.69. The molecule has 1 aromatic heterocycles. The first-order valence-electron chi connectivity index (χ1n) is 9.49. The van der Waals surface area contributed by atoms with Crippen LogP contribution in [-0.4, -0.2) is 86.6 Å². The van der Waals surface area contributed by atoms with Crippen molar-refractivity contribution in [2.24, 2.45) is 24.4 Å². The highest BCUT2D eigenvalue weighted by molar-refractivity contribution is 7.99. The molecule has 5 N–H and O–H groups in total. The quantitative estimate of drug-likeness (QED) is 0.239. The fraction of sp³-hybridized carbons (Fsp3) is 0.529. The van der Waals surface area contributed by atoms with E-state index in [4.69, 9.17) is 20.9 Å². The van der Waals surface area contributed by atoms with Crippen molar-refractivity contribution >= 4 is 29.4 Å². The van der Waals surface area contributed by atoms with E-state index in [1.165, 1.54) is 23.6 Å². The van der Waals surface area contributed by atoms with Gasteiger partial charge >= 0.3 is 6.09 Å². The summed E-state index contributed by atoms with van der Waals surface area (Å²) < 4.78 is 12.4. The molecule has 0 unspecified atom stereocenters. The molecule has 31 heavy (non-hydrogen) atoms. The molecule has 0 aromatic carbocycles. The highest BCUT2D eigenvalue weighted by Crippen LogP contribution is 2.55. The number of hydrogen-bond donors (Lipinski definition) is 3. The maximum atomic E-state index is 13.5. The normalized spacial score (nSPS) is 31.2. The number of amides is 1. The Morgan fingerprint density at radius 3 is 2.81 bits per heavy atom. The van der Waals surface area contributed by atoms with Crippen LogP contribution in [0.25, 0.3) is 0 Å². The molecule has 0 bridgehead atoms. The van der Waals surface area contributed by atoms with Gasteiger partial charge in [0.2, 0.25) is 16.7 Å². The number of piperazine rings is 1. The zero-order valence-corrected chi connectivity index (χ0v) is 17.5. The average Bonchev–Trinajstić information content (AvgIpc) is 3.13. The molecule has 14 heteroatoms. The van der Waals surface area contributed by atoms with Gasteiger partial charge in [-0.3, -0.25) is 9.59 Å². The van der Waals surface area contributed by atoms with Gasteiger partial charge < -0.3 is 31.2 Å². The summed E-state index contributed by atoms with van der Waals surface area (Å²) >= 11 is 1.20. The highest BCUT2D eigenvalue weighted by atomic mass is 32.2. The van der Waals surface area contributed by atoms with Crippen molar-refractivity contribution in [3.63, 3.8) is 0 Å². The second kappa shape index (κ2) is 6.77. The van der Waals surface area contributed by atoms with Crippen LogP contribution in [0.1, 0.15) is 0 Å². The summed E-state index contributed by atoms with van der Waals surface area (Å²) in [6.45, 7) is 0.279. The van der Waals surface area contributed by atoms with Crippen molar-refractivity contribution in [3.05, 3.63) is 22.5 Å². The number of hydrogen-bond acceptors (Lipinski definition) is 12. The number of primary amides is 1. The van der Waals surface area contributed by atoms with Crippen molar-refractivity contribution in [1.29, 1.82) is 0 Å². The van der Waals surface area contributed by atoms with Gasteiger partial charge in [-0.1, -0.05) is 11.8 Å². The van der Waals surface area contributed by atoms with E-state index in [0.717, 1.165) is 0 Å². The summed E-state index contributed by atoms with van der Waals surface area (Å²) in [6, 6.07) is -0.00674. The van der Waals surface area contributed by atoms with E-state index in [0.29, 0.717) is 11.7 Å². The van der Waals surface area contributed by atoms with Gasteiger partial charge in [-0.15, -0.1) is 5.10 Å². The number of fused-ring (bicyclic) bond motifs is 4. The van der Waals surface area contributed by atoms with Gasteiger partial charge in [-0.2, -0.15) is 0 Å². The van der Waals surface area contributed by atoms with Crippen LogP contribution < -0.4 is 16.8 Å². The first-order chi connectivity index (χ1) is 14.8. The topological polar surface area (TPSA) is 190 Å². The van der Waals surface area contributed by atoms with E-state index in [9.17, 15) is 14.4 Å². The molecule has 2 saturated heterocycles. The largest absolute Gasteiger partial charge is 0.449 e. The number of ether oxygens (including phenoxy) is 2. The molecule has 1 aliphatic carbocycles. The maximum Gasteiger partial charge on any atom is 0.404 e. The van der Waals surface area contributed by atoms with Crippen LogP contribution in [0.3, 0.4) is 0 Å². The minimum Gasteiger partial charge on any atom is -0.449 e. The number of aryl methyl sites for hydroxylation is 1. The van der Waals surface area contributed by atoms with Crippen LogP contribution in [0.2, 0.25) is 0 Å². The smallest absolute Gasteiger partial charge is 0.404 e. The monoisotopic (exact) mass is 448 g/mol. The number of rotatable bonds is 6. The Balaban J connectivity index is 1.51. The van der Waals surface area contributed by atoms with E-state index in [1.807, 2.05) is 4.90 Å². The highest BCUT2D eigenvalue weighted by Gasteiger charge is 2.72. The van der Waals surface area contributed by atoms with E-state index in [-0.39, 0.29) is 52.8 Å². The molecular formula is C17H20N8O5S. The Morgan fingerprint density at radius 1 is 1.39 bits per heavy atom. The fourth-order valence-corrected chi connectivity index (χ4v) is 5.74. The number of allylic oxidation sites excluding steroid dienone is 2. The van der Waals surface area contributed by atoms with Crippen LogP contribution in [-0.2, 0) is 26.1 Å². The van der Waals surface area contributed by atoms with Crippen molar-refractivity contribution in [2.75, 3.05) is 26.0 Å². The fourth-order valence-electron chi connectivity index (χ4n) is 4.87. The van der Waals surface area contributed by atoms with Crippen LogP contribution in [0.15, 0.2) is 27.7 Å². The lowest BCUT2D eigenvalue weighted by Gasteiger charge is -2.39. The molecular weight excluding hydrogens is 428 g/mol. The Labute approximate surface area is 180 Å². The zero-order valence-electron chi connectivity index (χ0n) is 16.7. The molecule has 1 amide bonds. The van der Waals surface area contributed by atoms with E-state index >= 15 is 0 Å². The Morgan fingerprint density at radius 2 is 2.16 bits per heavy atom. The first kappa shape index (κ1) is 20.0. The van der Waals surface area contributed by atoms with Gasteiger partial charge in [0, 0.05) is 43.6 Å². The third kappa shape index (κ3) is 2.64. The van der Waals surface area contributed by atoms with Crippen LogP contribution in [0.4, 0.5) is 4.79 Å². The van der Waals surface area contributed by atoms with Gasteiger partial charge in [0.1, 0.15) is 6.61 Å². The molecule has 164 valence electrons. The molecule has 4 heterocycles. The Kier molecular flexibility index (Phi) is 4.36. The molecule has 0 saturated carbocycles. The molecule has 3 aliphatic heterocycles. The van der Waals surface area contributed by atoms with Crippen LogP contribution >= 0.6 is 11.8 Å². The van der Waals surface area contributed by atoms with Gasteiger partial charge in [0.25, 0.3) is 0 Å². The number of carbonyl (C=O) groups is 3. The number of nitrogens with one attached hydrogen (secondary N) is 1. The molecule has 4 aliphatic rings. The average molecular weight is 448 g/mol. The standard InChI is InChI=1S/C17H20N8O5S/c1-24-16(21-22-23-24)31-5-6-10(18)13(27)9-7(4-30-15(19)28)17(29-2)14-8(20-14)3-25(17)11(9)12(6)26/h7-8,14,20H,3-5,18H2,1-2H3,(H2,19,28)/t7-,8+,14+,17-/m1/s1. The Bertz CT molecular complexity index is 1080. The van der Waals surface area contributed by atoms with Gasteiger partial charge in [-0.05, 0) is 10.4 Å². The summed E-state index contributed by atoms with van der Waals surface area (Å²) in [6.07, 6.45) is -0.974. The molecule has 1 aromatic rings. The minimum atomic E-state index is -1.04. The lowest BCUT2D eigenvalue weighted by atomic mass is 9.82. The number of nitrogens with two attached hydrogens (primary N) is 2. The minimum absolute atomic E-state index is 0.110. The van der Waals surface area contributed by atoms with Gasteiger partial charge in [-0.25, -0.2) is 9.48 Å². The lowest BCUT2D eigenvalue weighted by molar-refractivity contribution is -0.137. The molecule has 0 spiro atoms. The number of nitrogens with zero attached hydrogens (tertiary/aromatic N) is 5. The SMILES string of the molecule is CO[C@@]12[C@H](COC(N)=O)C3=C(C(=O)C(CSc4nnnn4C)=C(N)C3=O)N1C[C@@H]1N[C@@H]12. The summed E-state index contributed by atoms with van der Waals surface area (Å²) in [7, 11) is 3.18. The summed E-state index contributed by atoms with van der Waals surface area (Å²) in [5.41, 5.74) is 10.8. The maximum absolute atomic E-state index is 13.5. The number of thioether (sulfide) groups is 1. The van der Waals surface area contributed by atoms with E-state index in [1.54, 1.807) is 7.05 Å². The number of methoxy groups -OCH3 is 1. The summed E-state index contributed by atoms with van der Waals surface area (Å²) in [4.78, 5) is 40.0. The predicted molar refractivity (Wildman–Crippen MR) is 104 cm³/mol. The van der Waals surface area contributed by atoms with E-state index < -0.39 is 23.5 Å². The molecule has 0 radical (unpaired) electrons. The van der Waals surface area contributed by atoms with Crippen molar-refractivity contribution < 1.29 is 23.9 Å². The third-order valence-corrected chi connectivity index (χ3v) is 7.29. The molecule has 5 rings (SSSR count). The van der Waals surface area contributed by atoms with Crippen LogP contribution in [0.5, 0.6) is 0 Å². The van der Waals surface area contributed by atoms with E-state index in [2.05, 4.69) is 20.8 Å². The molecule has 13 nitrogen and oxygen atoms in total. The summed E-state index contributed by atoms with van der Waals surface area (Å²) in [5, 5.41) is 15.0. The number of carbonyl (C=O) groups excluding carboxylic acids is 3. The van der Waals surface area contributed by atoms with Crippen molar-refractivity contribution in [1.82, 2.24) is 30.4 Å². The second-order valence-corrected chi connectivity index (χ2v) is 8.63. The number of Topliss-reactive ketones (excluding diaryl/α,β-unsaturated/α-hetero) is 2. The number of aromatic nitrogens is 4. The first-order valence-corrected chi connectivity index (χ1v) is 10.5. The number of ketones is 2. The van der Waals surface area contributed by atoms with Crippen LogP contribution in [0, 0.1) is 5.92 Å². The molecule has 2 fully saturated rings. The Hall–Kier alpha value is -2.97. The van der Waals surface area contributed by atoms with Gasteiger partial charge in [0.05, 0.1) is 23.4 Å². The van der Waals surface area contributed by atoms with Gasteiger partial charge in [0.15, 0.2) is 5.72 Å².